The summed E-state index contributed by atoms with van der Waals surface area (Å²) in [5.74, 6) is 0.548. The highest BCUT2D eigenvalue weighted by Gasteiger charge is 2.53. The number of hydrogen-bond donors (Lipinski definition) is 2. The highest BCUT2D eigenvalue weighted by Crippen LogP contribution is 2.41. The molecule has 1 saturated heterocycles. The standard InChI is InChI=1S/C13H14ClFN2O/c14-10-2-1-3-11(15)7(10)4-12(18)17-13-8-5-16-6-9(8)13/h1-3,8-9,13,16H,4-6H2,(H,17,18). The Labute approximate surface area is 110 Å². The van der Waals surface area contributed by atoms with Gasteiger partial charge in [-0.05, 0) is 24.0 Å². The summed E-state index contributed by atoms with van der Waals surface area (Å²) in [4.78, 5) is 11.8. The van der Waals surface area contributed by atoms with Crippen molar-refractivity contribution >= 4 is 17.5 Å². The van der Waals surface area contributed by atoms with Crippen LogP contribution in [0.2, 0.25) is 5.02 Å². The van der Waals surface area contributed by atoms with Crippen LogP contribution in [0.4, 0.5) is 4.39 Å². The Kier molecular flexibility index (Phi) is 2.99. The lowest BCUT2D eigenvalue weighted by Gasteiger charge is -2.09. The normalized spacial score (nSPS) is 28.9. The van der Waals surface area contributed by atoms with Crippen molar-refractivity contribution in [2.75, 3.05) is 13.1 Å². The van der Waals surface area contributed by atoms with Crippen LogP contribution in [0.5, 0.6) is 0 Å². The molecule has 2 atom stereocenters. The molecule has 0 radical (unpaired) electrons. The summed E-state index contributed by atoms with van der Waals surface area (Å²) < 4.78 is 13.5. The van der Waals surface area contributed by atoms with Crippen molar-refractivity contribution in [3.05, 3.63) is 34.6 Å². The number of rotatable bonds is 3. The Morgan fingerprint density at radius 1 is 1.44 bits per heavy atom. The van der Waals surface area contributed by atoms with E-state index in [2.05, 4.69) is 10.6 Å². The van der Waals surface area contributed by atoms with E-state index in [-0.39, 0.29) is 23.9 Å². The third-order valence-corrected chi connectivity index (χ3v) is 4.17. The average Bonchev–Trinajstić information content (AvgIpc) is 2.76. The maximum atomic E-state index is 13.5. The summed E-state index contributed by atoms with van der Waals surface area (Å²) in [7, 11) is 0. The van der Waals surface area contributed by atoms with Crippen molar-refractivity contribution in [2.24, 2.45) is 11.8 Å². The van der Waals surface area contributed by atoms with Gasteiger partial charge >= 0.3 is 0 Å². The molecular formula is C13H14ClFN2O. The number of piperidine rings is 1. The van der Waals surface area contributed by atoms with E-state index in [4.69, 9.17) is 11.6 Å². The van der Waals surface area contributed by atoms with Crippen LogP contribution in [0.3, 0.4) is 0 Å². The molecule has 18 heavy (non-hydrogen) atoms. The minimum atomic E-state index is -0.421. The second-order valence-electron chi connectivity index (χ2n) is 4.96. The van der Waals surface area contributed by atoms with E-state index in [0.29, 0.717) is 16.9 Å². The zero-order valence-electron chi connectivity index (χ0n) is 9.75. The van der Waals surface area contributed by atoms with E-state index < -0.39 is 5.82 Å². The van der Waals surface area contributed by atoms with Crippen LogP contribution in [0.15, 0.2) is 18.2 Å². The van der Waals surface area contributed by atoms with E-state index >= 15 is 0 Å². The molecule has 2 N–H and O–H groups in total. The van der Waals surface area contributed by atoms with Gasteiger partial charge in [0.25, 0.3) is 0 Å². The van der Waals surface area contributed by atoms with Crippen molar-refractivity contribution < 1.29 is 9.18 Å². The van der Waals surface area contributed by atoms with Gasteiger partial charge in [-0.2, -0.15) is 0 Å². The molecule has 5 heteroatoms. The van der Waals surface area contributed by atoms with Crippen LogP contribution in [0, 0.1) is 17.7 Å². The van der Waals surface area contributed by atoms with Crippen LogP contribution in [-0.4, -0.2) is 25.0 Å². The monoisotopic (exact) mass is 268 g/mol. The maximum Gasteiger partial charge on any atom is 0.224 e. The van der Waals surface area contributed by atoms with Crippen molar-refractivity contribution in [3.63, 3.8) is 0 Å². The smallest absolute Gasteiger partial charge is 0.224 e. The van der Waals surface area contributed by atoms with Crippen LogP contribution < -0.4 is 10.6 Å². The molecule has 1 saturated carbocycles. The third-order valence-electron chi connectivity index (χ3n) is 3.82. The van der Waals surface area contributed by atoms with Gasteiger partial charge in [0.15, 0.2) is 0 Å². The molecule has 3 nitrogen and oxygen atoms in total. The molecule has 1 aliphatic carbocycles. The Morgan fingerprint density at radius 2 is 2.17 bits per heavy atom. The number of benzene rings is 1. The first-order valence-corrected chi connectivity index (χ1v) is 6.47. The molecule has 3 rings (SSSR count). The molecule has 0 bridgehead atoms. The summed E-state index contributed by atoms with van der Waals surface area (Å²) in [6.45, 7) is 1.94. The summed E-state index contributed by atoms with van der Waals surface area (Å²) >= 11 is 5.89. The molecule has 1 aromatic rings. The van der Waals surface area contributed by atoms with E-state index in [0.717, 1.165) is 13.1 Å². The van der Waals surface area contributed by atoms with Crippen molar-refractivity contribution in [3.8, 4) is 0 Å². The Bertz CT molecular complexity index is 464. The molecule has 96 valence electrons. The van der Waals surface area contributed by atoms with Crippen LogP contribution >= 0.6 is 11.6 Å². The topological polar surface area (TPSA) is 41.1 Å². The van der Waals surface area contributed by atoms with Crippen LogP contribution in [0.25, 0.3) is 0 Å². The predicted octanol–water partition coefficient (Wildman–Crippen LogP) is 1.36. The van der Waals surface area contributed by atoms with Crippen LogP contribution in [0.1, 0.15) is 5.56 Å². The van der Waals surface area contributed by atoms with Crippen molar-refractivity contribution in [1.82, 2.24) is 10.6 Å². The second-order valence-corrected chi connectivity index (χ2v) is 5.36. The fourth-order valence-electron chi connectivity index (χ4n) is 2.73. The first-order chi connectivity index (χ1) is 8.66. The Morgan fingerprint density at radius 3 is 2.83 bits per heavy atom. The summed E-state index contributed by atoms with van der Waals surface area (Å²) in [5, 5.41) is 6.52. The number of amides is 1. The van der Waals surface area contributed by atoms with Crippen molar-refractivity contribution in [2.45, 2.75) is 12.5 Å². The van der Waals surface area contributed by atoms with Gasteiger partial charge in [0.05, 0.1) is 6.42 Å². The molecule has 1 aromatic carbocycles. The van der Waals surface area contributed by atoms with E-state index in [1.54, 1.807) is 6.07 Å². The molecule has 1 amide bonds. The highest BCUT2D eigenvalue weighted by atomic mass is 35.5. The van der Waals surface area contributed by atoms with Gasteiger partial charge in [-0.15, -0.1) is 0 Å². The SMILES string of the molecule is O=C(Cc1c(F)cccc1Cl)NC1C2CNCC21. The Hall–Kier alpha value is -1.13. The van der Waals surface area contributed by atoms with Crippen LogP contribution in [-0.2, 0) is 11.2 Å². The lowest BCUT2D eigenvalue weighted by atomic mass is 10.1. The molecule has 0 aromatic heterocycles. The quantitative estimate of drug-likeness (QED) is 0.869. The van der Waals surface area contributed by atoms with E-state index in [1.165, 1.54) is 12.1 Å². The minimum absolute atomic E-state index is 0.00880. The average molecular weight is 269 g/mol. The first kappa shape index (κ1) is 11.9. The molecule has 2 unspecified atom stereocenters. The second kappa shape index (κ2) is 4.52. The number of nitrogens with one attached hydrogen (secondary N) is 2. The van der Waals surface area contributed by atoms with Gasteiger partial charge in [0.2, 0.25) is 5.91 Å². The van der Waals surface area contributed by atoms with Gasteiger partial charge in [0.1, 0.15) is 5.82 Å². The van der Waals surface area contributed by atoms with Crippen molar-refractivity contribution in [1.29, 1.82) is 0 Å². The predicted molar refractivity (Wildman–Crippen MR) is 66.9 cm³/mol. The van der Waals surface area contributed by atoms with Gasteiger partial charge in [-0.25, -0.2) is 4.39 Å². The zero-order chi connectivity index (χ0) is 12.7. The third kappa shape index (κ3) is 2.10. The van der Waals surface area contributed by atoms with Gasteiger partial charge < -0.3 is 10.6 Å². The zero-order valence-corrected chi connectivity index (χ0v) is 10.5. The fraction of sp³-hybridized carbons (Fsp3) is 0.462. The summed E-state index contributed by atoms with van der Waals surface area (Å²) in [6.07, 6.45) is 0.00880. The number of fused-ring (bicyclic) bond motifs is 1. The number of halogens is 2. The maximum absolute atomic E-state index is 13.5. The molecule has 2 aliphatic rings. The number of carbonyl (C=O) groups is 1. The molecule has 2 fully saturated rings. The lowest BCUT2D eigenvalue weighted by Crippen LogP contribution is -2.33. The fourth-order valence-corrected chi connectivity index (χ4v) is 2.96. The minimum Gasteiger partial charge on any atom is -0.352 e. The van der Waals surface area contributed by atoms with Gasteiger partial charge in [-0.1, -0.05) is 17.7 Å². The summed E-state index contributed by atoms with van der Waals surface area (Å²) in [5.41, 5.74) is 0.278. The lowest BCUT2D eigenvalue weighted by molar-refractivity contribution is -0.120. The Balaban J connectivity index is 1.61. The first-order valence-electron chi connectivity index (χ1n) is 6.10. The largest absolute Gasteiger partial charge is 0.352 e. The number of hydrogen-bond acceptors (Lipinski definition) is 2. The van der Waals surface area contributed by atoms with E-state index in [9.17, 15) is 9.18 Å². The highest BCUT2D eigenvalue weighted by molar-refractivity contribution is 6.31. The van der Waals surface area contributed by atoms with Gasteiger partial charge in [-0.3, -0.25) is 4.79 Å². The van der Waals surface area contributed by atoms with Gasteiger partial charge in [0, 0.05) is 29.7 Å². The molecule has 1 aliphatic heterocycles. The molecule has 1 heterocycles. The molecule has 0 spiro atoms. The number of carbonyl (C=O) groups excluding carboxylic acids is 1. The van der Waals surface area contributed by atoms with E-state index in [1.807, 2.05) is 0 Å². The summed E-state index contributed by atoms with van der Waals surface area (Å²) in [6, 6.07) is 4.73. The molecular weight excluding hydrogens is 255 g/mol.